The van der Waals surface area contributed by atoms with Gasteiger partial charge in [-0.3, -0.25) is 4.79 Å². The van der Waals surface area contributed by atoms with E-state index in [1.165, 1.54) is 6.07 Å². The summed E-state index contributed by atoms with van der Waals surface area (Å²) in [6.45, 7) is 0. The second-order valence-corrected chi connectivity index (χ2v) is 4.62. The molecule has 2 rings (SSSR count). The molecule has 0 aromatic heterocycles. The third kappa shape index (κ3) is 2.72. The molecule has 2 aromatic rings. The molecule has 2 nitrogen and oxygen atoms in total. The van der Waals surface area contributed by atoms with E-state index < -0.39 is 6.10 Å². The van der Waals surface area contributed by atoms with Gasteiger partial charge in [-0.2, -0.15) is 0 Å². The van der Waals surface area contributed by atoms with Crippen molar-refractivity contribution in [2.45, 2.75) is 6.10 Å². The van der Waals surface area contributed by atoms with Crippen LogP contribution in [0.5, 0.6) is 0 Å². The van der Waals surface area contributed by atoms with Gasteiger partial charge in [0.1, 0.15) is 6.10 Å². The Kier molecular flexibility index (Phi) is 4.02. The summed E-state index contributed by atoms with van der Waals surface area (Å²) >= 11 is 11.6. The van der Waals surface area contributed by atoms with Crippen LogP contribution in [0.4, 0.5) is 0 Å². The Balaban J connectivity index is 2.28. The number of hydrogen-bond acceptors (Lipinski definition) is 2. The summed E-state index contributed by atoms with van der Waals surface area (Å²) in [6, 6.07) is 13.2. The van der Waals surface area contributed by atoms with Crippen LogP contribution in [-0.2, 0) is 0 Å². The van der Waals surface area contributed by atoms with E-state index in [4.69, 9.17) is 23.2 Å². The molecule has 0 amide bonds. The molecule has 0 spiro atoms. The molecule has 1 N–H and O–H groups in total. The van der Waals surface area contributed by atoms with Crippen molar-refractivity contribution in [3.05, 3.63) is 69.7 Å². The molecule has 0 aliphatic carbocycles. The zero-order valence-electron chi connectivity index (χ0n) is 9.31. The predicted octanol–water partition coefficient (Wildman–Crippen LogP) is 3.91. The molecular formula is C14H10Cl2O2. The number of rotatable bonds is 3. The maximum atomic E-state index is 12.0. The lowest BCUT2D eigenvalue weighted by molar-refractivity contribution is 0.0747. The molecular weight excluding hydrogens is 271 g/mol. The number of carbonyl (C=O) groups excluding carboxylic acids is 1. The minimum Gasteiger partial charge on any atom is -0.380 e. The number of benzene rings is 2. The maximum absolute atomic E-state index is 12.0. The zero-order valence-corrected chi connectivity index (χ0v) is 10.8. The van der Waals surface area contributed by atoms with E-state index in [1.54, 1.807) is 36.4 Å². The summed E-state index contributed by atoms with van der Waals surface area (Å²) in [4.78, 5) is 12.0. The van der Waals surface area contributed by atoms with E-state index in [0.29, 0.717) is 21.2 Å². The average Bonchev–Trinajstić information content (AvgIpc) is 2.41. The third-order valence-electron chi connectivity index (χ3n) is 2.57. The highest BCUT2D eigenvalue weighted by Crippen LogP contribution is 2.27. The van der Waals surface area contributed by atoms with Crippen LogP contribution < -0.4 is 0 Å². The molecule has 0 aliphatic heterocycles. The lowest BCUT2D eigenvalue weighted by atomic mass is 10.0. The Hall–Kier alpha value is -1.35. The van der Waals surface area contributed by atoms with Gasteiger partial charge in [0.05, 0.1) is 10.0 Å². The first kappa shape index (κ1) is 13.1. The summed E-state index contributed by atoms with van der Waals surface area (Å²) in [6.07, 6.45) is -1.23. The van der Waals surface area contributed by atoms with Gasteiger partial charge < -0.3 is 5.11 Å². The van der Waals surface area contributed by atoms with Gasteiger partial charge in [-0.05, 0) is 17.7 Å². The van der Waals surface area contributed by atoms with E-state index in [9.17, 15) is 9.90 Å². The van der Waals surface area contributed by atoms with Gasteiger partial charge in [0.15, 0.2) is 5.78 Å². The monoisotopic (exact) mass is 280 g/mol. The lowest BCUT2D eigenvalue weighted by Crippen LogP contribution is -2.12. The molecule has 0 saturated heterocycles. The Morgan fingerprint density at radius 3 is 2.28 bits per heavy atom. The van der Waals surface area contributed by atoms with Gasteiger partial charge in [-0.15, -0.1) is 0 Å². The van der Waals surface area contributed by atoms with Gasteiger partial charge in [-0.1, -0.05) is 59.6 Å². The van der Waals surface area contributed by atoms with Crippen molar-refractivity contribution in [2.24, 2.45) is 0 Å². The van der Waals surface area contributed by atoms with Crippen LogP contribution in [0.1, 0.15) is 22.0 Å². The fourth-order valence-corrected chi connectivity index (χ4v) is 1.90. The standard InChI is InChI=1S/C14H10Cl2O2/c15-11-7-6-10(8-12(11)16)14(18)13(17)9-4-2-1-3-5-9/h1-8,14,18H. The quantitative estimate of drug-likeness (QED) is 0.866. The molecule has 4 heteroatoms. The zero-order chi connectivity index (χ0) is 13.1. The van der Waals surface area contributed by atoms with Crippen LogP contribution in [0.25, 0.3) is 0 Å². The molecule has 1 unspecified atom stereocenters. The van der Waals surface area contributed by atoms with Gasteiger partial charge >= 0.3 is 0 Å². The van der Waals surface area contributed by atoms with Crippen LogP contribution in [0.2, 0.25) is 10.0 Å². The molecule has 0 aliphatic rings. The Bertz CT molecular complexity index is 567. The molecule has 0 fully saturated rings. The molecule has 2 aromatic carbocycles. The minimum absolute atomic E-state index is 0.314. The van der Waals surface area contributed by atoms with Gasteiger partial charge in [-0.25, -0.2) is 0 Å². The number of ketones is 1. The van der Waals surface area contributed by atoms with Crippen LogP contribution >= 0.6 is 23.2 Å². The first-order valence-corrected chi connectivity index (χ1v) is 6.07. The fraction of sp³-hybridized carbons (Fsp3) is 0.0714. The number of halogens is 2. The van der Waals surface area contributed by atoms with E-state index in [0.717, 1.165) is 0 Å². The highest BCUT2D eigenvalue weighted by atomic mass is 35.5. The molecule has 0 heterocycles. The topological polar surface area (TPSA) is 37.3 Å². The summed E-state index contributed by atoms with van der Waals surface area (Å²) in [5.74, 6) is -0.367. The predicted molar refractivity (Wildman–Crippen MR) is 72.2 cm³/mol. The van der Waals surface area contributed by atoms with Crippen molar-refractivity contribution in [1.82, 2.24) is 0 Å². The average molecular weight is 281 g/mol. The lowest BCUT2D eigenvalue weighted by Gasteiger charge is -2.10. The second kappa shape index (κ2) is 5.53. The Labute approximate surface area is 115 Å². The molecule has 18 heavy (non-hydrogen) atoms. The fourth-order valence-electron chi connectivity index (χ4n) is 1.59. The van der Waals surface area contributed by atoms with Gasteiger partial charge in [0.2, 0.25) is 0 Å². The van der Waals surface area contributed by atoms with Crippen LogP contribution in [0.3, 0.4) is 0 Å². The minimum atomic E-state index is -1.23. The number of carbonyl (C=O) groups is 1. The van der Waals surface area contributed by atoms with E-state index >= 15 is 0 Å². The Morgan fingerprint density at radius 1 is 1.00 bits per heavy atom. The van der Waals surface area contributed by atoms with Crippen molar-refractivity contribution >= 4 is 29.0 Å². The molecule has 0 bridgehead atoms. The molecule has 92 valence electrons. The highest BCUT2D eigenvalue weighted by Gasteiger charge is 2.19. The van der Waals surface area contributed by atoms with Crippen LogP contribution in [0, 0.1) is 0 Å². The smallest absolute Gasteiger partial charge is 0.195 e. The number of hydrogen-bond donors (Lipinski definition) is 1. The van der Waals surface area contributed by atoms with Gasteiger partial charge in [0.25, 0.3) is 0 Å². The summed E-state index contributed by atoms with van der Waals surface area (Å²) in [5.41, 5.74) is 0.884. The third-order valence-corrected chi connectivity index (χ3v) is 3.31. The largest absolute Gasteiger partial charge is 0.380 e. The van der Waals surface area contributed by atoms with Gasteiger partial charge in [0, 0.05) is 5.56 Å². The Morgan fingerprint density at radius 2 is 1.67 bits per heavy atom. The number of aliphatic hydroxyl groups is 1. The first-order chi connectivity index (χ1) is 8.59. The second-order valence-electron chi connectivity index (χ2n) is 3.81. The van der Waals surface area contributed by atoms with Crippen LogP contribution in [0.15, 0.2) is 48.5 Å². The summed E-state index contributed by atoms with van der Waals surface area (Å²) in [7, 11) is 0. The van der Waals surface area contributed by atoms with Crippen molar-refractivity contribution in [1.29, 1.82) is 0 Å². The molecule has 1 atom stereocenters. The number of Topliss-reactive ketones (excluding diaryl/α,β-unsaturated/α-hetero) is 1. The summed E-state index contributed by atoms with van der Waals surface area (Å²) in [5, 5.41) is 10.7. The van der Waals surface area contributed by atoms with Crippen LogP contribution in [-0.4, -0.2) is 10.9 Å². The van der Waals surface area contributed by atoms with E-state index in [2.05, 4.69) is 0 Å². The maximum Gasteiger partial charge on any atom is 0.195 e. The highest BCUT2D eigenvalue weighted by molar-refractivity contribution is 6.42. The molecule has 0 radical (unpaired) electrons. The summed E-state index contributed by atoms with van der Waals surface area (Å²) < 4.78 is 0. The number of aliphatic hydroxyl groups excluding tert-OH is 1. The first-order valence-electron chi connectivity index (χ1n) is 5.32. The SMILES string of the molecule is O=C(c1ccccc1)C(O)c1ccc(Cl)c(Cl)c1. The van der Waals surface area contributed by atoms with Crippen molar-refractivity contribution in [3.63, 3.8) is 0 Å². The van der Waals surface area contributed by atoms with E-state index in [1.807, 2.05) is 6.07 Å². The van der Waals surface area contributed by atoms with Crippen molar-refractivity contribution in [2.75, 3.05) is 0 Å². The van der Waals surface area contributed by atoms with E-state index in [-0.39, 0.29) is 5.78 Å². The normalized spacial score (nSPS) is 12.2. The van der Waals surface area contributed by atoms with Crippen molar-refractivity contribution < 1.29 is 9.90 Å². The van der Waals surface area contributed by atoms with Crippen molar-refractivity contribution in [3.8, 4) is 0 Å². The molecule has 0 saturated carbocycles.